The van der Waals surface area contributed by atoms with Gasteiger partial charge in [0.2, 0.25) is 0 Å². The van der Waals surface area contributed by atoms with Gasteiger partial charge in [-0.3, -0.25) is 9.69 Å². The zero-order valence-electron chi connectivity index (χ0n) is 11.7. The van der Waals surface area contributed by atoms with Crippen LogP contribution in [0.25, 0.3) is 0 Å². The van der Waals surface area contributed by atoms with E-state index in [1.807, 2.05) is 24.3 Å². The molecule has 1 aromatic carbocycles. The number of carbonyl (C=O) groups excluding carboxylic acids is 1. The number of ketones is 1. The van der Waals surface area contributed by atoms with Crippen molar-refractivity contribution in [2.45, 2.75) is 19.4 Å². The molecular weight excluding hydrogens is 334 g/mol. The molecular formula is C16H18BrNOS. The second-order valence-electron chi connectivity index (χ2n) is 4.83. The molecule has 0 bridgehead atoms. The predicted molar refractivity (Wildman–Crippen MR) is 88.5 cm³/mol. The van der Waals surface area contributed by atoms with E-state index in [9.17, 15) is 4.79 Å². The summed E-state index contributed by atoms with van der Waals surface area (Å²) in [5.41, 5.74) is 0.768. The lowest BCUT2D eigenvalue weighted by atomic mass is 10.1. The minimum absolute atomic E-state index is 0.183. The molecule has 2 rings (SSSR count). The number of halogens is 1. The van der Waals surface area contributed by atoms with Crippen LogP contribution in [-0.2, 0) is 0 Å². The zero-order valence-corrected chi connectivity index (χ0v) is 14.1. The summed E-state index contributed by atoms with van der Waals surface area (Å²) < 4.78 is 0.874. The summed E-state index contributed by atoms with van der Waals surface area (Å²) in [6.45, 7) is 2.94. The maximum atomic E-state index is 12.2. The van der Waals surface area contributed by atoms with E-state index >= 15 is 0 Å². The molecule has 1 unspecified atom stereocenters. The van der Waals surface area contributed by atoms with E-state index in [0.717, 1.165) is 16.6 Å². The molecule has 20 heavy (non-hydrogen) atoms. The van der Waals surface area contributed by atoms with Crippen molar-refractivity contribution in [1.29, 1.82) is 0 Å². The Morgan fingerprint density at radius 3 is 2.70 bits per heavy atom. The normalized spacial score (nSPS) is 12.6. The van der Waals surface area contributed by atoms with Crippen molar-refractivity contribution in [3.63, 3.8) is 0 Å². The van der Waals surface area contributed by atoms with Crippen LogP contribution in [0.5, 0.6) is 0 Å². The average molecular weight is 352 g/mol. The number of rotatable bonds is 6. The molecule has 0 spiro atoms. The molecule has 1 heterocycles. The molecule has 0 N–H and O–H groups in total. The van der Waals surface area contributed by atoms with E-state index < -0.39 is 0 Å². The van der Waals surface area contributed by atoms with Crippen molar-refractivity contribution in [2.75, 3.05) is 13.6 Å². The fourth-order valence-electron chi connectivity index (χ4n) is 2.04. The zero-order chi connectivity index (χ0) is 14.5. The van der Waals surface area contributed by atoms with Crippen LogP contribution in [0.15, 0.2) is 46.3 Å². The molecule has 106 valence electrons. The second-order valence-corrected chi connectivity index (χ2v) is 6.66. The Labute approximate surface area is 132 Å². The lowest BCUT2D eigenvalue weighted by molar-refractivity contribution is 0.0961. The Bertz CT molecular complexity index is 568. The van der Waals surface area contributed by atoms with Gasteiger partial charge in [-0.1, -0.05) is 40.2 Å². The first-order valence-corrected chi connectivity index (χ1v) is 8.28. The van der Waals surface area contributed by atoms with Crippen LogP contribution >= 0.6 is 27.3 Å². The molecule has 2 nitrogen and oxygen atoms in total. The van der Waals surface area contributed by atoms with Crippen molar-refractivity contribution in [3.05, 3.63) is 56.7 Å². The van der Waals surface area contributed by atoms with Gasteiger partial charge in [0.25, 0.3) is 0 Å². The molecule has 4 heteroatoms. The number of nitrogens with zero attached hydrogens (tertiary/aromatic N) is 1. The predicted octanol–water partition coefficient (Wildman–Crippen LogP) is 4.78. The SMILES string of the molecule is CC(c1cccs1)N(C)CCC(=O)c1ccccc1Br. The van der Waals surface area contributed by atoms with E-state index in [1.54, 1.807) is 11.3 Å². The van der Waals surface area contributed by atoms with Gasteiger partial charge in [-0.25, -0.2) is 0 Å². The Hall–Kier alpha value is -0.970. The third kappa shape index (κ3) is 3.78. The summed E-state index contributed by atoms with van der Waals surface area (Å²) in [5, 5.41) is 2.09. The lowest BCUT2D eigenvalue weighted by Crippen LogP contribution is -2.24. The van der Waals surface area contributed by atoms with Crippen LogP contribution in [0.1, 0.15) is 34.6 Å². The molecule has 0 radical (unpaired) electrons. The molecule has 1 aromatic heterocycles. The summed E-state index contributed by atoms with van der Waals surface area (Å²) in [4.78, 5) is 15.8. The van der Waals surface area contributed by atoms with Gasteiger partial charge < -0.3 is 0 Å². The van der Waals surface area contributed by atoms with Crippen molar-refractivity contribution >= 4 is 33.0 Å². The van der Waals surface area contributed by atoms with Crippen LogP contribution in [0, 0.1) is 0 Å². The topological polar surface area (TPSA) is 20.3 Å². The average Bonchev–Trinajstić information content (AvgIpc) is 2.98. The summed E-state index contributed by atoms with van der Waals surface area (Å²) >= 11 is 5.19. The summed E-state index contributed by atoms with van der Waals surface area (Å²) in [6.07, 6.45) is 0.537. The van der Waals surface area contributed by atoms with Gasteiger partial charge in [0.15, 0.2) is 5.78 Å². The summed E-state index contributed by atoms with van der Waals surface area (Å²) in [7, 11) is 2.07. The van der Waals surface area contributed by atoms with Gasteiger partial charge in [-0.2, -0.15) is 0 Å². The van der Waals surface area contributed by atoms with Gasteiger partial charge in [0.1, 0.15) is 0 Å². The van der Waals surface area contributed by atoms with Crippen molar-refractivity contribution < 1.29 is 4.79 Å². The highest BCUT2D eigenvalue weighted by molar-refractivity contribution is 9.10. The number of thiophene rings is 1. The Balaban J connectivity index is 1.92. The molecule has 0 aliphatic carbocycles. The Kier molecular flexibility index (Phi) is 5.52. The van der Waals surface area contributed by atoms with Gasteiger partial charge in [0, 0.05) is 33.9 Å². The highest BCUT2D eigenvalue weighted by atomic mass is 79.9. The van der Waals surface area contributed by atoms with Crippen molar-refractivity contribution in [1.82, 2.24) is 4.90 Å². The number of carbonyl (C=O) groups is 1. The smallest absolute Gasteiger partial charge is 0.165 e. The van der Waals surface area contributed by atoms with Gasteiger partial charge >= 0.3 is 0 Å². The highest BCUT2D eigenvalue weighted by Gasteiger charge is 2.15. The molecule has 0 saturated carbocycles. The number of benzene rings is 1. The summed E-state index contributed by atoms with van der Waals surface area (Å²) in [6, 6.07) is 12.2. The monoisotopic (exact) mass is 351 g/mol. The number of hydrogen-bond acceptors (Lipinski definition) is 3. The summed E-state index contributed by atoms with van der Waals surface area (Å²) in [5.74, 6) is 0.183. The second kappa shape index (κ2) is 7.16. The molecule has 0 aliphatic rings. The quantitative estimate of drug-likeness (QED) is 0.698. The van der Waals surface area contributed by atoms with Gasteiger partial charge in [-0.05, 0) is 31.5 Å². The highest BCUT2D eigenvalue weighted by Crippen LogP contribution is 2.24. The molecule has 0 fully saturated rings. The van der Waals surface area contributed by atoms with Crippen molar-refractivity contribution in [2.24, 2.45) is 0 Å². The van der Waals surface area contributed by atoms with E-state index in [1.165, 1.54) is 4.88 Å². The van der Waals surface area contributed by atoms with E-state index in [0.29, 0.717) is 12.5 Å². The Morgan fingerprint density at radius 2 is 2.05 bits per heavy atom. The number of Topliss-reactive ketones (excluding diaryl/α,β-unsaturated/α-hetero) is 1. The minimum atomic E-state index is 0.183. The fourth-order valence-corrected chi connectivity index (χ4v) is 3.39. The first-order chi connectivity index (χ1) is 9.59. The first kappa shape index (κ1) is 15.4. The van der Waals surface area contributed by atoms with E-state index in [2.05, 4.69) is 52.3 Å². The molecule has 0 saturated heterocycles. The molecule has 0 amide bonds. The van der Waals surface area contributed by atoms with Crippen LogP contribution in [0.3, 0.4) is 0 Å². The fraction of sp³-hybridized carbons (Fsp3) is 0.312. The van der Waals surface area contributed by atoms with E-state index in [-0.39, 0.29) is 5.78 Å². The van der Waals surface area contributed by atoms with Crippen LogP contribution in [-0.4, -0.2) is 24.3 Å². The van der Waals surface area contributed by atoms with Gasteiger partial charge in [-0.15, -0.1) is 11.3 Å². The number of hydrogen-bond donors (Lipinski definition) is 0. The van der Waals surface area contributed by atoms with E-state index in [4.69, 9.17) is 0 Å². The van der Waals surface area contributed by atoms with Crippen LogP contribution in [0.4, 0.5) is 0 Å². The third-order valence-corrected chi connectivity index (χ3v) is 5.22. The van der Waals surface area contributed by atoms with Crippen LogP contribution in [0.2, 0.25) is 0 Å². The third-order valence-electron chi connectivity index (χ3n) is 3.48. The largest absolute Gasteiger partial charge is 0.298 e. The minimum Gasteiger partial charge on any atom is -0.298 e. The molecule has 1 atom stereocenters. The maximum Gasteiger partial charge on any atom is 0.165 e. The molecule has 2 aromatic rings. The first-order valence-electron chi connectivity index (χ1n) is 6.61. The standard InChI is InChI=1S/C16H18BrNOS/c1-12(16-8-5-11-20-16)18(2)10-9-15(19)13-6-3-4-7-14(13)17/h3-8,11-12H,9-10H2,1-2H3. The van der Waals surface area contributed by atoms with Crippen molar-refractivity contribution in [3.8, 4) is 0 Å². The van der Waals surface area contributed by atoms with Crippen LogP contribution < -0.4 is 0 Å². The lowest BCUT2D eigenvalue weighted by Gasteiger charge is -2.23. The maximum absolute atomic E-state index is 12.2. The molecule has 0 aliphatic heterocycles. The van der Waals surface area contributed by atoms with Gasteiger partial charge in [0.05, 0.1) is 0 Å². The Morgan fingerprint density at radius 1 is 1.30 bits per heavy atom.